The number of anilines is 1. The van der Waals surface area contributed by atoms with Crippen molar-refractivity contribution < 1.29 is 4.79 Å². The van der Waals surface area contributed by atoms with Gasteiger partial charge in [0.1, 0.15) is 5.82 Å². The number of nitrogens with one attached hydrogen (secondary N) is 2. The third-order valence-corrected chi connectivity index (χ3v) is 2.41. The second-order valence-corrected chi connectivity index (χ2v) is 4.35. The van der Waals surface area contributed by atoms with Gasteiger partial charge in [-0.15, -0.1) is 0 Å². The molecule has 1 unspecified atom stereocenters. The minimum Gasteiger partial charge on any atom is -0.320 e. The number of carbonyl (C=O) groups is 1. The first-order valence-corrected chi connectivity index (χ1v) is 5.63. The fraction of sp³-hybridized carbons (Fsp3) is 0.636. The molecule has 1 aromatic rings. The summed E-state index contributed by atoms with van der Waals surface area (Å²) >= 11 is 0. The number of nitrogens with two attached hydrogens (primary N) is 1. The fourth-order valence-corrected chi connectivity index (χ4v) is 1.52. The van der Waals surface area contributed by atoms with Gasteiger partial charge in [-0.1, -0.05) is 20.8 Å². The molecule has 0 aromatic carbocycles. The van der Waals surface area contributed by atoms with Gasteiger partial charge in [0.2, 0.25) is 5.91 Å². The highest BCUT2D eigenvalue weighted by atomic mass is 16.2. The maximum absolute atomic E-state index is 11.7. The van der Waals surface area contributed by atoms with Crippen LogP contribution in [0.3, 0.4) is 0 Å². The summed E-state index contributed by atoms with van der Waals surface area (Å²) in [5.41, 5.74) is 6.77. The number of hydrogen-bond acceptors (Lipinski definition) is 3. The normalized spacial score (nSPS) is 12.8. The second-order valence-electron chi connectivity index (χ2n) is 4.35. The van der Waals surface area contributed by atoms with Crippen molar-refractivity contribution in [3.63, 3.8) is 0 Å². The first kappa shape index (κ1) is 12.7. The Balaban J connectivity index is 2.57. The van der Waals surface area contributed by atoms with Crippen LogP contribution in [-0.2, 0) is 11.2 Å². The zero-order valence-electron chi connectivity index (χ0n) is 10.1. The Morgan fingerprint density at radius 2 is 2.31 bits per heavy atom. The molecule has 0 saturated heterocycles. The molecule has 5 nitrogen and oxygen atoms in total. The van der Waals surface area contributed by atoms with Crippen LogP contribution in [0.15, 0.2) is 6.20 Å². The molecule has 1 heterocycles. The predicted molar refractivity (Wildman–Crippen MR) is 64.0 cm³/mol. The number of carbonyl (C=O) groups excluding carboxylic acids is 1. The van der Waals surface area contributed by atoms with E-state index in [1.54, 1.807) is 6.20 Å². The van der Waals surface area contributed by atoms with Gasteiger partial charge in [-0.3, -0.25) is 9.89 Å². The van der Waals surface area contributed by atoms with Crippen LogP contribution in [0.1, 0.15) is 32.8 Å². The van der Waals surface area contributed by atoms with Gasteiger partial charge in [0.25, 0.3) is 0 Å². The van der Waals surface area contributed by atoms with Crippen molar-refractivity contribution in [2.24, 2.45) is 11.7 Å². The van der Waals surface area contributed by atoms with E-state index in [0.717, 1.165) is 12.0 Å². The Hall–Kier alpha value is -1.36. The number of H-pyrrole nitrogens is 1. The lowest BCUT2D eigenvalue weighted by Crippen LogP contribution is -2.36. The molecule has 0 spiro atoms. The maximum Gasteiger partial charge on any atom is 0.242 e. The molecule has 90 valence electrons. The molecule has 1 rings (SSSR count). The van der Waals surface area contributed by atoms with Crippen molar-refractivity contribution in [3.05, 3.63) is 11.8 Å². The van der Waals surface area contributed by atoms with Crippen LogP contribution >= 0.6 is 0 Å². The molecule has 0 aliphatic carbocycles. The summed E-state index contributed by atoms with van der Waals surface area (Å²) in [5.74, 6) is 0.910. The molecular formula is C11H20N4O. The standard InChI is InChI=1S/C11H20N4O/c1-4-8-6-13-15-10(8)14-11(16)9(12)5-7(2)3/h6-7,9H,4-5,12H2,1-3H3,(H2,13,14,15,16). The first-order valence-electron chi connectivity index (χ1n) is 5.63. The zero-order valence-corrected chi connectivity index (χ0v) is 10.1. The number of rotatable bonds is 5. The van der Waals surface area contributed by atoms with E-state index in [1.807, 2.05) is 20.8 Å². The van der Waals surface area contributed by atoms with Gasteiger partial charge in [-0.25, -0.2) is 0 Å². The molecule has 4 N–H and O–H groups in total. The van der Waals surface area contributed by atoms with Gasteiger partial charge < -0.3 is 11.1 Å². The SMILES string of the molecule is CCc1cn[nH]c1NC(=O)C(N)CC(C)C. The molecule has 0 bridgehead atoms. The van der Waals surface area contributed by atoms with Crippen molar-refractivity contribution in [2.45, 2.75) is 39.7 Å². The molecule has 0 radical (unpaired) electrons. The van der Waals surface area contributed by atoms with Crippen LogP contribution in [-0.4, -0.2) is 22.1 Å². The molecule has 1 atom stereocenters. The van der Waals surface area contributed by atoms with Crippen molar-refractivity contribution in [1.82, 2.24) is 10.2 Å². The predicted octanol–water partition coefficient (Wildman–Crippen LogP) is 1.28. The van der Waals surface area contributed by atoms with Crippen LogP contribution in [0.2, 0.25) is 0 Å². The summed E-state index contributed by atoms with van der Waals surface area (Å²) in [6.07, 6.45) is 3.22. The van der Waals surface area contributed by atoms with Crippen molar-refractivity contribution >= 4 is 11.7 Å². The quantitative estimate of drug-likeness (QED) is 0.704. The minimum atomic E-state index is -0.465. The van der Waals surface area contributed by atoms with Gasteiger partial charge in [0.05, 0.1) is 12.2 Å². The lowest BCUT2D eigenvalue weighted by molar-refractivity contribution is -0.117. The highest BCUT2D eigenvalue weighted by Crippen LogP contribution is 2.12. The highest BCUT2D eigenvalue weighted by molar-refractivity contribution is 5.94. The Morgan fingerprint density at radius 1 is 1.62 bits per heavy atom. The average molecular weight is 224 g/mol. The van der Waals surface area contributed by atoms with E-state index in [1.165, 1.54) is 0 Å². The third kappa shape index (κ3) is 3.34. The number of aromatic nitrogens is 2. The summed E-state index contributed by atoms with van der Waals surface area (Å²) in [6, 6.07) is -0.465. The largest absolute Gasteiger partial charge is 0.320 e. The third-order valence-electron chi connectivity index (χ3n) is 2.41. The number of aryl methyl sites for hydroxylation is 1. The van der Waals surface area contributed by atoms with Gasteiger partial charge in [0, 0.05) is 5.56 Å². The van der Waals surface area contributed by atoms with E-state index in [-0.39, 0.29) is 5.91 Å². The smallest absolute Gasteiger partial charge is 0.242 e. The summed E-state index contributed by atoms with van der Waals surface area (Å²) < 4.78 is 0. The number of nitrogens with zero attached hydrogens (tertiary/aromatic N) is 1. The molecule has 0 saturated carbocycles. The topological polar surface area (TPSA) is 83.8 Å². The van der Waals surface area contributed by atoms with Crippen molar-refractivity contribution in [2.75, 3.05) is 5.32 Å². The molecule has 0 aliphatic rings. The van der Waals surface area contributed by atoms with Crippen LogP contribution in [0.5, 0.6) is 0 Å². The summed E-state index contributed by atoms with van der Waals surface area (Å²) in [5, 5.41) is 9.41. The Bertz CT molecular complexity index is 346. The van der Waals surface area contributed by atoms with Gasteiger partial charge in [-0.2, -0.15) is 5.10 Å². The number of amides is 1. The Morgan fingerprint density at radius 3 is 2.88 bits per heavy atom. The summed E-state index contributed by atoms with van der Waals surface area (Å²) in [4.78, 5) is 11.7. The molecule has 5 heteroatoms. The highest BCUT2D eigenvalue weighted by Gasteiger charge is 2.16. The fourth-order valence-electron chi connectivity index (χ4n) is 1.52. The summed E-state index contributed by atoms with van der Waals surface area (Å²) in [7, 11) is 0. The lowest BCUT2D eigenvalue weighted by atomic mass is 10.0. The molecule has 0 fully saturated rings. The summed E-state index contributed by atoms with van der Waals surface area (Å²) in [6.45, 7) is 6.09. The van der Waals surface area contributed by atoms with E-state index < -0.39 is 6.04 Å². The van der Waals surface area contributed by atoms with Gasteiger partial charge >= 0.3 is 0 Å². The first-order chi connectivity index (χ1) is 7.54. The molecule has 16 heavy (non-hydrogen) atoms. The molecule has 1 aromatic heterocycles. The molecular weight excluding hydrogens is 204 g/mol. The van der Waals surface area contributed by atoms with Crippen LogP contribution in [0.25, 0.3) is 0 Å². The lowest BCUT2D eigenvalue weighted by Gasteiger charge is -2.13. The average Bonchev–Trinajstić information content (AvgIpc) is 2.64. The van der Waals surface area contributed by atoms with Gasteiger partial charge in [-0.05, 0) is 18.8 Å². The van der Waals surface area contributed by atoms with E-state index in [4.69, 9.17) is 5.73 Å². The maximum atomic E-state index is 11.7. The number of hydrogen-bond donors (Lipinski definition) is 3. The minimum absolute atomic E-state index is 0.160. The second kappa shape index (κ2) is 5.65. The van der Waals surface area contributed by atoms with E-state index >= 15 is 0 Å². The Kier molecular flexibility index (Phi) is 4.49. The Labute approximate surface area is 95.8 Å². The number of aromatic amines is 1. The van der Waals surface area contributed by atoms with Gasteiger partial charge in [0.15, 0.2) is 0 Å². The zero-order chi connectivity index (χ0) is 12.1. The molecule has 0 aliphatic heterocycles. The van der Waals surface area contributed by atoms with Crippen LogP contribution in [0.4, 0.5) is 5.82 Å². The van der Waals surface area contributed by atoms with E-state index in [2.05, 4.69) is 15.5 Å². The monoisotopic (exact) mass is 224 g/mol. The van der Waals surface area contributed by atoms with Crippen LogP contribution in [0, 0.1) is 5.92 Å². The van der Waals surface area contributed by atoms with Crippen molar-refractivity contribution in [3.8, 4) is 0 Å². The van der Waals surface area contributed by atoms with Crippen LogP contribution < -0.4 is 11.1 Å². The van der Waals surface area contributed by atoms with E-state index in [0.29, 0.717) is 18.2 Å². The van der Waals surface area contributed by atoms with Crippen molar-refractivity contribution in [1.29, 1.82) is 0 Å². The van der Waals surface area contributed by atoms with E-state index in [9.17, 15) is 4.79 Å². The molecule has 1 amide bonds.